The standard InChI is InChI=1S/C22H30ClN3O2S/c1-17-14-20(21(27-2)15-19(17)23)24-22(29)26(16-18-8-6-13-28-18)12-7-11-25-9-4-3-5-10-25/h6,8,13-15H,3-5,7,9-12,16H2,1-2H3,(H,24,29). The number of aryl methyl sites for hydroxylation is 1. The van der Waals surface area contributed by atoms with Gasteiger partial charge in [0.25, 0.3) is 0 Å². The molecule has 0 saturated carbocycles. The number of methoxy groups -OCH3 is 1. The zero-order valence-corrected chi connectivity index (χ0v) is 18.8. The van der Waals surface area contributed by atoms with E-state index in [1.165, 1.54) is 32.4 Å². The van der Waals surface area contributed by atoms with Crippen LogP contribution in [0.15, 0.2) is 34.9 Å². The largest absolute Gasteiger partial charge is 0.495 e. The van der Waals surface area contributed by atoms with E-state index in [1.54, 1.807) is 13.4 Å². The molecule has 1 aromatic carbocycles. The third-order valence-electron chi connectivity index (χ3n) is 5.29. The van der Waals surface area contributed by atoms with Gasteiger partial charge in [0.1, 0.15) is 11.5 Å². The fraction of sp³-hybridized carbons (Fsp3) is 0.500. The van der Waals surface area contributed by atoms with Gasteiger partial charge in [-0.2, -0.15) is 0 Å². The Bertz CT molecular complexity index is 792. The summed E-state index contributed by atoms with van der Waals surface area (Å²) in [4.78, 5) is 4.71. The minimum absolute atomic E-state index is 0.633. The summed E-state index contributed by atoms with van der Waals surface area (Å²) >= 11 is 12.0. The van der Waals surface area contributed by atoms with Crippen molar-refractivity contribution in [2.45, 2.75) is 39.2 Å². The fourth-order valence-corrected chi connectivity index (χ4v) is 4.05. The van der Waals surface area contributed by atoms with Crippen LogP contribution in [-0.2, 0) is 6.54 Å². The summed E-state index contributed by atoms with van der Waals surface area (Å²) in [6.07, 6.45) is 6.73. The third-order valence-corrected chi connectivity index (χ3v) is 6.05. The second kappa shape index (κ2) is 10.9. The number of benzene rings is 1. The van der Waals surface area contributed by atoms with E-state index in [-0.39, 0.29) is 0 Å². The van der Waals surface area contributed by atoms with Crippen LogP contribution in [-0.4, -0.2) is 48.2 Å². The van der Waals surface area contributed by atoms with Gasteiger partial charge in [0, 0.05) is 17.6 Å². The molecule has 0 unspecified atom stereocenters. The molecule has 1 N–H and O–H groups in total. The predicted octanol–water partition coefficient (Wildman–Crippen LogP) is 5.33. The summed E-state index contributed by atoms with van der Waals surface area (Å²) in [5.41, 5.74) is 1.79. The summed E-state index contributed by atoms with van der Waals surface area (Å²) in [5.74, 6) is 1.57. The number of ether oxygens (including phenoxy) is 1. The lowest BCUT2D eigenvalue weighted by Gasteiger charge is -2.29. The first-order valence-corrected chi connectivity index (χ1v) is 11.0. The highest BCUT2D eigenvalue weighted by Crippen LogP contribution is 2.31. The maximum absolute atomic E-state index is 6.23. The Morgan fingerprint density at radius 2 is 2.10 bits per heavy atom. The number of hydrogen-bond donors (Lipinski definition) is 1. The first-order valence-electron chi connectivity index (χ1n) is 10.2. The highest BCUT2D eigenvalue weighted by molar-refractivity contribution is 7.80. The molecule has 1 aliphatic heterocycles. The number of hydrogen-bond acceptors (Lipinski definition) is 4. The summed E-state index contributed by atoms with van der Waals surface area (Å²) in [6.45, 7) is 6.98. The lowest BCUT2D eigenvalue weighted by Crippen LogP contribution is -2.37. The predicted molar refractivity (Wildman–Crippen MR) is 123 cm³/mol. The van der Waals surface area contributed by atoms with Gasteiger partial charge in [0.2, 0.25) is 0 Å². The third kappa shape index (κ3) is 6.36. The van der Waals surface area contributed by atoms with Crippen molar-refractivity contribution < 1.29 is 9.15 Å². The van der Waals surface area contributed by atoms with Crippen molar-refractivity contribution in [1.82, 2.24) is 9.80 Å². The van der Waals surface area contributed by atoms with Crippen LogP contribution >= 0.6 is 23.8 Å². The van der Waals surface area contributed by atoms with E-state index in [2.05, 4.69) is 15.1 Å². The number of furan rings is 1. The van der Waals surface area contributed by atoms with E-state index < -0.39 is 0 Å². The van der Waals surface area contributed by atoms with Gasteiger partial charge in [-0.3, -0.25) is 0 Å². The van der Waals surface area contributed by atoms with Gasteiger partial charge in [-0.25, -0.2) is 0 Å². The van der Waals surface area contributed by atoms with Gasteiger partial charge >= 0.3 is 0 Å². The summed E-state index contributed by atoms with van der Waals surface area (Å²) in [7, 11) is 1.63. The molecule has 2 aromatic rings. The second-order valence-corrected chi connectivity index (χ2v) is 8.28. The van der Waals surface area contributed by atoms with Crippen LogP contribution in [0.5, 0.6) is 5.75 Å². The zero-order valence-electron chi connectivity index (χ0n) is 17.2. The monoisotopic (exact) mass is 435 g/mol. The van der Waals surface area contributed by atoms with E-state index in [1.807, 2.05) is 31.2 Å². The Morgan fingerprint density at radius 3 is 2.79 bits per heavy atom. The van der Waals surface area contributed by atoms with E-state index in [0.29, 0.717) is 22.4 Å². The summed E-state index contributed by atoms with van der Waals surface area (Å²) in [6, 6.07) is 7.66. The van der Waals surface area contributed by atoms with Crippen LogP contribution in [0.4, 0.5) is 5.69 Å². The molecule has 3 rings (SSSR count). The Morgan fingerprint density at radius 1 is 1.31 bits per heavy atom. The van der Waals surface area contributed by atoms with Crippen molar-refractivity contribution in [2.75, 3.05) is 38.6 Å². The molecule has 29 heavy (non-hydrogen) atoms. The van der Waals surface area contributed by atoms with Gasteiger partial charge in [0.05, 0.1) is 25.6 Å². The van der Waals surface area contributed by atoms with Crippen molar-refractivity contribution in [3.05, 3.63) is 46.9 Å². The van der Waals surface area contributed by atoms with Crippen molar-refractivity contribution in [3.8, 4) is 5.75 Å². The lowest BCUT2D eigenvalue weighted by molar-refractivity contribution is 0.217. The Balaban J connectivity index is 1.66. The van der Waals surface area contributed by atoms with Crippen LogP contribution in [0.25, 0.3) is 0 Å². The quantitative estimate of drug-likeness (QED) is 0.565. The molecule has 158 valence electrons. The zero-order chi connectivity index (χ0) is 20.6. The molecule has 0 spiro atoms. The molecule has 5 nitrogen and oxygen atoms in total. The van der Waals surface area contributed by atoms with Crippen LogP contribution in [0.2, 0.25) is 5.02 Å². The van der Waals surface area contributed by atoms with Gasteiger partial charge in [-0.1, -0.05) is 18.0 Å². The lowest BCUT2D eigenvalue weighted by atomic mass is 10.1. The molecule has 0 amide bonds. The Hall–Kier alpha value is -1.76. The molecular weight excluding hydrogens is 406 g/mol. The van der Waals surface area contributed by atoms with Crippen LogP contribution in [0, 0.1) is 6.92 Å². The van der Waals surface area contributed by atoms with Crippen LogP contribution in [0.1, 0.15) is 37.0 Å². The highest BCUT2D eigenvalue weighted by atomic mass is 35.5. The number of piperidine rings is 1. The fourth-order valence-electron chi connectivity index (χ4n) is 3.64. The maximum Gasteiger partial charge on any atom is 0.173 e. The number of anilines is 1. The molecule has 1 fully saturated rings. The van der Waals surface area contributed by atoms with Crippen LogP contribution < -0.4 is 10.1 Å². The number of halogens is 1. The van der Waals surface area contributed by atoms with E-state index in [9.17, 15) is 0 Å². The molecule has 0 bridgehead atoms. The Labute approximate surface area is 184 Å². The van der Waals surface area contributed by atoms with Crippen molar-refractivity contribution in [1.29, 1.82) is 0 Å². The van der Waals surface area contributed by atoms with Gasteiger partial charge < -0.3 is 24.3 Å². The molecule has 1 saturated heterocycles. The highest BCUT2D eigenvalue weighted by Gasteiger charge is 2.16. The number of thiocarbonyl (C=S) groups is 1. The van der Waals surface area contributed by atoms with Crippen molar-refractivity contribution >= 4 is 34.6 Å². The second-order valence-electron chi connectivity index (χ2n) is 7.49. The molecule has 7 heteroatoms. The first-order chi connectivity index (χ1) is 14.1. The number of likely N-dealkylation sites (tertiary alicyclic amines) is 1. The van der Waals surface area contributed by atoms with Gasteiger partial charge in [-0.05, 0) is 81.8 Å². The topological polar surface area (TPSA) is 40.9 Å². The summed E-state index contributed by atoms with van der Waals surface area (Å²) < 4.78 is 11.0. The van der Waals surface area contributed by atoms with Gasteiger partial charge in [-0.15, -0.1) is 0 Å². The van der Waals surface area contributed by atoms with Gasteiger partial charge in [0.15, 0.2) is 5.11 Å². The number of nitrogens with one attached hydrogen (secondary N) is 1. The smallest absolute Gasteiger partial charge is 0.173 e. The van der Waals surface area contributed by atoms with Crippen molar-refractivity contribution in [3.63, 3.8) is 0 Å². The summed E-state index contributed by atoms with van der Waals surface area (Å²) in [5, 5.41) is 4.68. The van der Waals surface area contributed by atoms with Crippen molar-refractivity contribution in [2.24, 2.45) is 0 Å². The molecule has 2 heterocycles. The molecule has 1 aromatic heterocycles. The molecule has 0 radical (unpaired) electrons. The molecular formula is C22H30ClN3O2S. The van der Waals surface area contributed by atoms with Crippen LogP contribution in [0.3, 0.4) is 0 Å². The number of nitrogens with zero attached hydrogens (tertiary/aromatic N) is 2. The normalized spacial score (nSPS) is 14.6. The number of rotatable bonds is 8. The van der Waals surface area contributed by atoms with E-state index in [4.69, 9.17) is 33.0 Å². The minimum Gasteiger partial charge on any atom is -0.495 e. The SMILES string of the molecule is COc1cc(Cl)c(C)cc1NC(=S)N(CCCN1CCCCC1)Cc1ccco1. The maximum atomic E-state index is 6.23. The molecule has 0 aliphatic carbocycles. The molecule has 1 aliphatic rings. The van der Waals surface area contributed by atoms with E-state index >= 15 is 0 Å². The van der Waals surface area contributed by atoms with E-state index in [0.717, 1.165) is 36.5 Å². The first kappa shape index (κ1) is 21.9. The average molecular weight is 436 g/mol. The Kier molecular flexibility index (Phi) is 8.21. The minimum atomic E-state index is 0.633. The molecule has 0 atom stereocenters. The average Bonchev–Trinajstić information content (AvgIpc) is 3.23.